The van der Waals surface area contributed by atoms with Gasteiger partial charge in [-0.2, -0.15) is 5.26 Å². The highest BCUT2D eigenvalue weighted by Crippen LogP contribution is 2.21. The monoisotopic (exact) mass is 268 g/mol. The summed E-state index contributed by atoms with van der Waals surface area (Å²) in [6, 6.07) is 5.82. The van der Waals surface area contributed by atoms with E-state index in [1.807, 2.05) is 6.07 Å². The Labute approximate surface area is 93.9 Å². The van der Waals surface area contributed by atoms with Gasteiger partial charge >= 0.3 is 0 Å². The summed E-state index contributed by atoms with van der Waals surface area (Å²) in [5, 5.41) is 9.99. The number of hydrogen-bond donors (Lipinski definition) is 1. The van der Waals surface area contributed by atoms with Crippen molar-refractivity contribution in [1.29, 1.82) is 5.26 Å². The SMILES string of the molecule is C[Si](C)(C)c1cc(C#N)cc(Br)c1N. The van der Waals surface area contributed by atoms with Crippen molar-refractivity contribution >= 4 is 34.9 Å². The molecule has 2 nitrogen and oxygen atoms in total. The molecular formula is C10H13BrN2Si. The first-order valence-corrected chi connectivity index (χ1v) is 8.65. The van der Waals surface area contributed by atoms with Crippen LogP contribution in [-0.2, 0) is 0 Å². The third kappa shape index (κ3) is 2.17. The smallest absolute Gasteiger partial charge is 0.0991 e. The summed E-state index contributed by atoms with van der Waals surface area (Å²) in [5.41, 5.74) is 7.42. The van der Waals surface area contributed by atoms with E-state index in [0.29, 0.717) is 5.56 Å². The van der Waals surface area contributed by atoms with Gasteiger partial charge in [0.15, 0.2) is 0 Å². The molecule has 0 heterocycles. The number of anilines is 1. The van der Waals surface area contributed by atoms with Crippen molar-refractivity contribution in [3.63, 3.8) is 0 Å². The zero-order valence-electron chi connectivity index (χ0n) is 8.56. The van der Waals surface area contributed by atoms with Gasteiger partial charge in [-0.3, -0.25) is 0 Å². The highest BCUT2D eigenvalue weighted by atomic mass is 79.9. The number of halogens is 1. The van der Waals surface area contributed by atoms with E-state index < -0.39 is 8.07 Å². The molecule has 0 aliphatic carbocycles. The predicted octanol–water partition coefficient (Wildman–Crippen LogP) is 2.45. The summed E-state index contributed by atoms with van der Waals surface area (Å²) in [7, 11) is -1.46. The van der Waals surface area contributed by atoms with Gasteiger partial charge in [0.05, 0.1) is 19.7 Å². The van der Waals surface area contributed by atoms with E-state index in [9.17, 15) is 0 Å². The molecule has 14 heavy (non-hydrogen) atoms. The van der Waals surface area contributed by atoms with Crippen molar-refractivity contribution in [3.05, 3.63) is 22.2 Å². The highest BCUT2D eigenvalue weighted by Gasteiger charge is 2.21. The van der Waals surface area contributed by atoms with E-state index in [1.54, 1.807) is 6.07 Å². The fourth-order valence-corrected chi connectivity index (χ4v) is 3.48. The zero-order chi connectivity index (χ0) is 10.9. The van der Waals surface area contributed by atoms with E-state index >= 15 is 0 Å². The molecule has 4 heteroatoms. The number of nitrogens with two attached hydrogens (primary N) is 1. The van der Waals surface area contributed by atoms with Crippen LogP contribution in [0.15, 0.2) is 16.6 Å². The first-order chi connectivity index (χ1) is 6.36. The van der Waals surface area contributed by atoms with Gasteiger partial charge in [-0.1, -0.05) is 19.6 Å². The van der Waals surface area contributed by atoms with Crippen LogP contribution in [0.25, 0.3) is 0 Å². The largest absolute Gasteiger partial charge is 0.398 e. The summed E-state index contributed by atoms with van der Waals surface area (Å²) in [4.78, 5) is 0. The first kappa shape index (κ1) is 11.3. The molecular weight excluding hydrogens is 256 g/mol. The molecule has 0 spiro atoms. The van der Waals surface area contributed by atoms with Crippen molar-refractivity contribution in [2.45, 2.75) is 19.6 Å². The van der Waals surface area contributed by atoms with Crippen molar-refractivity contribution in [1.82, 2.24) is 0 Å². The zero-order valence-corrected chi connectivity index (χ0v) is 11.1. The van der Waals surface area contributed by atoms with Gasteiger partial charge in [-0.25, -0.2) is 0 Å². The fraction of sp³-hybridized carbons (Fsp3) is 0.300. The van der Waals surface area contributed by atoms with Crippen LogP contribution in [0.4, 0.5) is 5.69 Å². The molecule has 1 aromatic carbocycles. The highest BCUT2D eigenvalue weighted by molar-refractivity contribution is 9.10. The van der Waals surface area contributed by atoms with Crippen LogP contribution in [0.2, 0.25) is 19.6 Å². The fourth-order valence-electron chi connectivity index (χ4n) is 1.30. The van der Waals surface area contributed by atoms with Gasteiger partial charge in [0.25, 0.3) is 0 Å². The van der Waals surface area contributed by atoms with Crippen molar-refractivity contribution in [3.8, 4) is 6.07 Å². The second kappa shape index (κ2) is 3.75. The Hall–Kier alpha value is -0.793. The maximum Gasteiger partial charge on any atom is 0.0991 e. The standard InChI is InChI=1S/C10H13BrN2Si/c1-14(2,3)9-5-7(6-12)4-8(11)10(9)13/h4-5H,13H2,1-3H3. The number of nitriles is 1. The second-order valence-corrected chi connectivity index (χ2v) is 10.2. The number of benzene rings is 1. The van der Waals surface area contributed by atoms with E-state index in [0.717, 1.165) is 15.3 Å². The van der Waals surface area contributed by atoms with Crippen LogP contribution < -0.4 is 10.9 Å². The lowest BCUT2D eigenvalue weighted by atomic mass is 10.2. The van der Waals surface area contributed by atoms with Crippen LogP contribution in [-0.4, -0.2) is 8.07 Å². The van der Waals surface area contributed by atoms with Crippen LogP contribution in [0, 0.1) is 11.3 Å². The Morgan fingerprint density at radius 1 is 1.36 bits per heavy atom. The lowest BCUT2D eigenvalue weighted by Crippen LogP contribution is -2.39. The van der Waals surface area contributed by atoms with Crippen LogP contribution >= 0.6 is 15.9 Å². The van der Waals surface area contributed by atoms with E-state index in [2.05, 4.69) is 41.6 Å². The summed E-state index contributed by atoms with van der Waals surface area (Å²) in [6.07, 6.45) is 0. The summed E-state index contributed by atoms with van der Waals surface area (Å²) in [5.74, 6) is 0. The topological polar surface area (TPSA) is 49.8 Å². The molecule has 0 amide bonds. The van der Waals surface area contributed by atoms with E-state index in [1.165, 1.54) is 0 Å². The second-order valence-electron chi connectivity index (χ2n) is 4.28. The Kier molecular flexibility index (Phi) is 3.03. The number of nitrogen functional groups attached to an aromatic ring is 1. The number of rotatable bonds is 1. The average Bonchev–Trinajstić information content (AvgIpc) is 2.07. The van der Waals surface area contributed by atoms with Gasteiger partial charge < -0.3 is 5.73 Å². The third-order valence-corrected chi connectivity index (χ3v) is 4.75. The minimum atomic E-state index is -1.46. The number of nitrogens with zero attached hydrogens (tertiary/aromatic N) is 1. The molecule has 0 radical (unpaired) electrons. The van der Waals surface area contributed by atoms with Crippen molar-refractivity contribution in [2.24, 2.45) is 0 Å². The van der Waals surface area contributed by atoms with Crippen molar-refractivity contribution < 1.29 is 0 Å². The molecule has 0 saturated carbocycles. The summed E-state index contributed by atoms with van der Waals surface area (Å²) >= 11 is 3.38. The minimum Gasteiger partial charge on any atom is -0.398 e. The lowest BCUT2D eigenvalue weighted by Gasteiger charge is -2.20. The van der Waals surface area contributed by atoms with E-state index in [-0.39, 0.29) is 0 Å². The summed E-state index contributed by atoms with van der Waals surface area (Å²) < 4.78 is 0.828. The van der Waals surface area contributed by atoms with Crippen LogP contribution in [0.3, 0.4) is 0 Å². The quantitative estimate of drug-likeness (QED) is 0.629. The lowest BCUT2D eigenvalue weighted by molar-refractivity contribution is 1.48. The molecule has 0 atom stereocenters. The summed E-state index contributed by atoms with van der Waals surface area (Å²) in [6.45, 7) is 6.64. The molecule has 1 rings (SSSR count). The van der Waals surface area contributed by atoms with Gasteiger partial charge in [0, 0.05) is 10.2 Å². The van der Waals surface area contributed by atoms with Gasteiger partial charge in [0.1, 0.15) is 0 Å². The molecule has 0 aliphatic heterocycles. The normalized spacial score (nSPS) is 11.1. The van der Waals surface area contributed by atoms with Gasteiger partial charge in [-0.05, 0) is 33.2 Å². The van der Waals surface area contributed by atoms with E-state index in [4.69, 9.17) is 11.0 Å². The van der Waals surface area contributed by atoms with Crippen LogP contribution in [0.5, 0.6) is 0 Å². The van der Waals surface area contributed by atoms with Crippen LogP contribution in [0.1, 0.15) is 5.56 Å². The first-order valence-electron chi connectivity index (χ1n) is 4.36. The molecule has 0 bridgehead atoms. The van der Waals surface area contributed by atoms with Gasteiger partial charge in [-0.15, -0.1) is 0 Å². The Morgan fingerprint density at radius 3 is 2.36 bits per heavy atom. The Bertz CT molecular complexity index is 402. The molecule has 74 valence electrons. The Morgan fingerprint density at radius 2 is 1.93 bits per heavy atom. The molecule has 2 N–H and O–H groups in total. The maximum atomic E-state index is 8.85. The molecule has 1 aromatic rings. The minimum absolute atomic E-state index is 0.670. The molecule has 0 aliphatic rings. The molecule has 0 saturated heterocycles. The van der Waals surface area contributed by atoms with Gasteiger partial charge in [0.2, 0.25) is 0 Å². The molecule has 0 fully saturated rings. The molecule has 0 unspecified atom stereocenters. The predicted molar refractivity (Wildman–Crippen MR) is 66.2 cm³/mol. The number of hydrogen-bond acceptors (Lipinski definition) is 2. The average molecular weight is 269 g/mol. The molecule has 0 aromatic heterocycles. The van der Waals surface area contributed by atoms with Crippen molar-refractivity contribution in [2.75, 3.05) is 5.73 Å². The Balaban J connectivity index is 3.44. The maximum absolute atomic E-state index is 8.85. The third-order valence-electron chi connectivity index (χ3n) is 2.07.